The van der Waals surface area contributed by atoms with Crippen molar-refractivity contribution in [1.29, 1.82) is 0 Å². The molecule has 7 nitrogen and oxygen atoms in total. The highest BCUT2D eigenvalue weighted by atomic mass is 16.5. The van der Waals surface area contributed by atoms with E-state index in [0.717, 1.165) is 36.2 Å². The molecular formula is C26H28N4O3. The van der Waals surface area contributed by atoms with Gasteiger partial charge >= 0.3 is 0 Å². The van der Waals surface area contributed by atoms with E-state index in [1.54, 1.807) is 38.7 Å². The molecule has 0 aliphatic carbocycles. The number of hydrazone groups is 1. The van der Waals surface area contributed by atoms with Gasteiger partial charge in [0.1, 0.15) is 6.17 Å². The van der Waals surface area contributed by atoms with Gasteiger partial charge in [0.2, 0.25) is 0 Å². The van der Waals surface area contributed by atoms with Crippen molar-refractivity contribution in [2.24, 2.45) is 5.10 Å². The monoisotopic (exact) mass is 444 g/mol. The van der Waals surface area contributed by atoms with Gasteiger partial charge in [-0.15, -0.1) is 0 Å². The number of aromatic nitrogens is 1. The zero-order valence-electron chi connectivity index (χ0n) is 18.9. The number of hydrogen-bond donors (Lipinski definition) is 1. The molecule has 0 radical (unpaired) electrons. The van der Waals surface area contributed by atoms with Gasteiger partial charge in [-0.05, 0) is 48.7 Å². The van der Waals surface area contributed by atoms with Crippen LogP contribution in [0.1, 0.15) is 34.3 Å². The summed E-state index contributed by atoms with van der Waals surface area (Å²) in [7, 11) is 3.25. The van der Waals surface area contributed by atoms with Crippen LogP contribution in [0.3, 0.4) is 0 Å². The Morgan fingerprint density at radius 2 is 1.79 bits per heavy atom. The van der Waals surface area contributed by atoms with E-state index in [-0.39, 0.29) is 12.1 Å². The summed E-state index contributed by atoms with van der Waals surface area (Å²) in [6.07, 6.45) is 5.38. The van der Waals surface area contributed by atoms with Crippen molar-refractivity contribution in [2.45, 2.75) is 25.4 Å². The van der Waals surface area contributed by atoms with Crippen LogP contribution in [0.5, 0.6) is 11.5 Å². The van der Waals surface area contributed by atoms with Gasteiger partial charge in [-0.1, -0.05) is 30.3 Å². The second-order valence-electron chi connectivity index (χ2n) is 7.80. The zero-order valence-corrected chi connectivity index (χ0v) is 18.9. The summed E-state index contributed by atoms with van der Waals surface area (Å²) in [5.41, 5.74) is 3.64. The Balaban J connectivity index is 1.62. The average molecular weight is 445 g/mol. The molecule has 170 valence electrons. The first-order chi connectivity index (χ1) is 16.2. The minimum atomic E-state index is -0.288. The van der Waals surface area contributed by atoms with E-state index >= 15 is 0 Å². The normalized spacial score (nSPS) is 14.2. The first-order valence-corrected chi connectivity index (χ1v) is 11.0. The molecule has 4 rings (SSSR count). The van der Waals surface area contributed by atoms with Crippen molar-refractivity contribution >= 4 is 11.6 Å². The highest BCUT2D eigenvalue weighted by Crippen LogP contribution is 2.29. The van der Waals surface area contributed by atoms with E-state index in [1.807, 2.05) is 41.4 Å². The molecule has 33 heavy (non-hydrogen) atoms. The average Bonchev–Trinajstić information content (AvgIpc) is 2.89. The van der Waals surface area contributed by atoms with Gasteiger partial charge in [-0.2, -0.15) is 5.10 Å². The molecule has 1 amide bonds. The van der Waals surface area contributed by atoms with E-state index in [9.17, 15) is 4.79 Å². The molecule has 1 unspecified atom stereocenters. The third-order valence-electron chi connectivity index (χ3n) is 5.64. The summed E-state index contributed by atoms with van der Waals surface area (Å²) in [5.74, 6) is 1.20. The van der Waals surface area contributed by atoms with Crippen LogP contribution in [0, 0.1) is 0 Å². The number of ether oxygens (including phenoxy) is 2. The number of carbonyl (C=O) groups is 1. The summed E-state index contributed by atoms with van der Waals surface area (Å²) in [4.78, 5) is 17.0. The Hall–Kier alpha value is -3.87. The van der Waals surface area contributed by atoms with Crippen LogP contribution in [0.15, 0.2) is 78.2 Å². The SMILES string of the molecule is COc1ccc(C2=NN(C(Cc3ccccc3)NC(=O)c3ccncc3)CCC2)cc1OC. The van der Waals surface area contributed by atoms with E-state index in [1.165, 1.54) is 0 Å². The summed E-state index contributed by atoms with van der Waals surface area (Å²) in [6.45, 7) is 0.755. The number of carbonyl (C=O) groups excluding carboxylic acids is 1. The zero-order chi connectivity index (χ0) is 23.0. The molecule has 7 heteroatoms. The summed E-state index contributed by atoms with van der Waals surface area (Å²) in [5, 5.41) is 10.1. The van der Waals surface area contributed by atoms with E-state index < -0.39 is 0 Å². The van der Waals surface area contributed by atoms with Gasteiger partial charge in [-0.3, -0.25) is 14.8 Å². The van der Waals surface area contributed by atoms with Crippen molar-refractivity contribution < 1.29 is 14.3 Å². The van der Waals surface area contributed by atoms with Crippen LogP contribution in [0.4, 0.5) is 0 Å². The van der Waals surface area contributed by atoms with E-state index in [0.29, 0.717) is 23.5 Å². The molecule has 0 saturated heterocycles. The van der Waals surface area contributed by atoms with Crippen LogP contribution in [-0.4, -0.2) is 48.5 Å². The lowest BCUT2D eigenvalue weighted by Gasteiger charge is -2.33. The predicted molar refractivity (Wildman–Crippen MR) is 128 cm³/mol. The molecule has 2 aromatic carbocycles. The number of benzene rings is 2. The highest BCUT2D eigenvalue weighted by molar-refractivity contribution is 6.01. The first-order valence-electron chi connectivity index (χ1n) is 11.0. The summed E-state index contributed by atoms with van der Waals surface area (Å²) < 4.78 is 10.8. The predicted octanol–water partition coefficient (Wildman–Crippen LogP) is 3.90. The molecule has 1 N–H and O–H groups in total. The molecule has 1 atom stereocenters. The molecule has 2 heterocycles. The minimum absolute atomic E-state index is 0.147. The Morgan fingerprint density at radius 1 is 1.03 bits per heavy atom. The Labute approximate surface area is 194 Å². The molecule has 3 aromatic rings. The second-order valence-corrected chi connectivity index (χ2v) is 7.80. The van der Waals surface area contributed by atoms with Gasteiger partial charge in [0, 0.05) is 36.5 Å². The Bertz CT molecular complexity index is 1100. The molecule has 0 spiro atoms. The topological polar surface area (TPSA) is 76.0 Å². The lowest BCUT2D eigenvalue weighted by molar-refractivity contribution is 0.0842. The summed E-state index contributed by atoms with van der Waals surface area (Å²) >= 11 is 0. The lowest BCUT2D eigenvalue weighted by Crippen LogP contribution is -2.49. The van der Waals surface area contributed by atoms with Crippen LogP contribution in [-0.2, 0) is 6.42 Å². The molecule has 0 bridgehead atoms. The van der Waals surface area contributed by atoms with Gasteiger partial charge in [0.25, 0.3) is 5.91 Å². The number of hydrogen-bond acceptors (Lipinski definition) is 6. The number of nitrogens with one attached hydrogen (secondary N) is 1. The number of amides is 1. The Morgan fingerprint density at radius 3 is 2.52 bits per heavy atom. The van der Waals surface area contributed by atoms with Crippen LogP contribution in [0.25, 0.3) is 0 Å². The third-order valence-corrected chi connectivity index (χ3v) is 5.64. The van der Waals surface area contributed by atoms with Crippen molar-refractivity contribution in [3.63, 3.8) is 0 Å². The van der Waals surface area contributed by atoms with Gasteiger partial charge in [0.05, 0.1) is 19.9 Å². The van der Waals surface area contributed by atoms with Gasteiger partial charge < -0.3 is 14.8 Å². The number of nitrogens with zero attached hydrogens (tertiary/aromatic N) is 3. The van der Waals surface area contributed by atoms with Gasteiger partial charge in [-0.25, -0.2) is 0 Å². The van der Waals surface area contributed by atoms with E-state index in [2.05, 4.69) is 22.4 Å². The third kappa shape index (κ3) is 5.49. The van der Waals surface area contributed by atoms with Crippen LogP contribution >= 0.6 is 0 Å². The van der Waals surface area contributed by atoms with Gasteiger partial charge in [0.15, 0.2) is 11.5 Å². The largest absolute Gasteiger partial charge is 0.493 e. The van der Waals surface area contributed by atoms with Crippen LogP contribution in [0.2, 0.25) is 0 Å². The second kappa shape index (κ2) is 10.6. The van der Waals surface area contributed by atoms with Crippen LogP contribution < -0.4 is 14.8 Å². The quantitative estimate of drug-likeness (QED) is 0.570. The fraction of sp³-hybridized carbons (Fsp3) is 0.269. The smallest absolute Gasteiger partial charge is 0.253 e. The first kappa shape index (κ1) is 22.3. The maximum atomic E-state index is 12.9. The summed E-state index contributed by atoms with van der Waals surface area (Å²) in [6, 6.07) is 19.4. The molecule has 1 aliphatic rings. The van der Waals surface area contributed by atoms with Crippen molar-refractivity contribution in [1.82, 2.24) is 15.3 Å². The number of methoxy groups -OCH3 is 2. The van der Waals surface area contributed by atoms with E-state index in [4.69, 9.17) is 14.6 Å². The lowest BCUT2D eigenvalue weighted by atomic mass is 10.0. The molecular weight excluding hydrogens is 416 g/mol. The molecule has 0 fully saturated rings. The minimum Gasteiger partial charge on any atom is -0.493 e. The molecule has 1 aromatic heterocycles. The molecule has 0 saturated carbocycles. The Kier molecular flexibility index (Phi) is 7.19. The molecule has 1 aliphatic heterocycles. The van der Waals surface area contributed by atoms with Crippen molar-refractivity contribution in [3.8, 4) is 11.5 Å². The van der Waals surface area contributed by atoms with Crippen molar-refractivity contribution in [3.05, 3.63) is 89.7 Å². The van der Waals surface area contributed by atoms with Crippen molar-refractivity contribution in [2.75, 3.05) is 20.8 Å². The maximum Gasteiger partial charge on any atom is 0.253 e. The standard InChI is InChI=1S/C26H28N4O3/c1-32-23-11-10-21(18-24(23)33-2)22-9-6-16-30(29-22)25(17-19-7-4-3-5-8-19)28-26(31)20-12-14-27-15-13-20/h3-5,7-8,10-15,18,25H,6,9,16-17H2,1-2H3,(H,28,31). The fourth-order valence-corrected chi connectivity index (χ4v) is 3.91. The fourth-order valence-electron chi connectivity index (χ4n) is 3.91. The highest BCUT2D eigenvalue weighted by Gasteiger charge is 2.24. The maximum absolute atomic E-state index is 12.9. The number of pyridine rings is 1. The number of rotatable bonds is 8.